The summed E-state index contributed by atoms with van der Waals surface area (Å²) in [5.74, 6) is 0.415. The van der Waals surface area contributed by atoms with Gasteiger partial charge < -0.3 is 25.0 Å². The summed E-state index contributed by atoms with van der Waals surface area (Å²) >= 11 is 0. The number of nitrogens with zero attached hydrogens (tertiary/aromatic N) is 2. The van der Waals surface area contributed by atoms with Crippen LogP contribution in [0, 0.1) is 13.8 Å². The summed E-state index contributed by atoms with van der Waals surface area (Å²) in [5.41, 5.74) is 4.24. The average molecular weight is 565 g/mol. The van der Waals surface area contributed by atoms with Crippen LogP contribution in [0.5, 0.6) is 11.5 Å². The van der Waals surface area contributed by atoms with E-state index < -0.39 is 6.04 Å². The first-order valence-corrected chi connectivity index (χ1v) is 14.1. The average Bonchev–Trinajstić information content (AvgIpc) is 3.00. The van der Waals surface area contributed by atoms with Gasteiger partial charge in [-0.15, -0.1) is 0 Å². The lowest BCUT2D eigenvalue weighted by molar-refractivity contribution is -0.123. The molecule has 3 aliphatic rings. The number of likely N-dealkylation sites (tertiary alicyclic amines) is 1. The van der Waals surface area contributed by atoms with Crippen LogP contribution in [-0.2, 0) is 11.3 Å². The van der Waals surface area contributed by atoms with E-state index >= 15 is 0 Å². The maximum Gasteiger partial charge on any atom is 0.258 e. The molecule has 1 aromatic heterocycles. The van der Waals surface area contributed by atoms with Gasteiger partial charge >= 0.3 is 0 Å². The van der Waals surface area contributed by atoms with E-state index in [0.29, 0.717) is 42.1 Å². The summed E-state index contributed by atoms with van der Waals surface area (Å²) in [6, 6.07) is 21.6. The highest BCUT2D eigenvalue weighted by molar-refractivity contribution is 6.06. The van der Waals surface area contributed by atoms with Gasteiger partial charge in [0.15, 0.2) is 6.61 Å². The van der Waals surface area contributed by atoms with Crippen LogP contribution < -0.4 is 20.1 Å². The van der Waals surface area contributed by atoms with Crippen LogP contribution in [0.1, 0.15) is 44.0 Å². The Morgan fingerprint density at radius 1 is 1.00 bits per heavy atom. The predicted molar refractivity (Wildman–Crippen MR) is 158 cm³/mol. The molecule has 42 heavy (non-hydrogen) atoms. The first kappa shape index (κ1) is 27.3. The van der Waals surface area contributed by atoms with E-state index in [-0.39, 0.29) is 37.0 Å². The second-order valence-corrected chi connectivity index (χ2v) is 10.8. The molecule has 2 N–H and O–H groups in total. The number of nitrogens with one attached hydrogen (secondary N) is 2. The van der Waals surface area contributed by atoms with Gasteiger partial charge in [-0.1, -0.05) is 36.4 Å². The Kier molecular flexibility index (Phi) is 7.48. The summed E-state index contributed by atoms with van der Waals surface area (Å²) in [7, 11) is 0. The molecule has 4 aromatic rings. The third-order valence-corrected chi connectivity index (χ3v) is 7.74. The lowest BCUT2D eigenvalue weighted by Gasteiger charge is -2.39. The highest BCUT2D eigenvalue weighted by atomic mass is 16.5. The Labute approximate surface area is 243 Å². The third-order valence-electron chi connectivity index (χ3n) is 7.74. The van der Waals surface area contributed by atoms with Crippen molar-refractivity contribution in [3.05, 3.63) is 101 Å². The number of rotatable bonds is 1. The molecule has 3 aromatic carbocycles. The normalized spacial score (nSPS) is 19.1. The molecule has 0 spiro atoms. The molecule has 7 rings (SSSR count). The number of aromatic nitrogens is 1. The van der Waals surface area contributed by atoms with E-state index in [0.717, 1.165) is 27.7 Å². The van der Waals surface area contributed by atoms with Gasteiger partial charge in [0.2, 0.25) is 0 Å². The highest BCUT2D eigenvalue weighted by Crippen LogP contribution is 2.26. The number of carbonyl (C=O) groups is 3. The molecule has 9 heteroatoms. The van der Waals surface area contributed by atoms with Crippen LogP contribution in [0.15, 0.2) is 72.8 Å². The predicted octanol–water partition coefficient (Wildman–Crippen LogP) is 3.95. The van der Waals surface area contributed by atoms with Crippen LogP contribution in [0.2, 0.25) is 0 Å². The number of carbonyl (C=O) groups excluding carboxylic acids is 3. The van der Waals surface area contributed by atoms with E-state index in [1.54, 1.807) is 23.1 Å². The van der Waals surface area contributed by atoms with Crippen LogP contribution in [-0.4, -0.2) is 59.4 Å². The van der Waals surface area contributed by atoms with Crippen LogP contribution in [0.3, 0.4) is 0 Å². The minimum absolute atomic E-state index is 0.111. The number of pyridine rings is 1. The number of piperidine rings is 1. The second kappa shape index (κ2) is 11.5. The van der Waals surface area contributed by atoms with Crippen molar-refractivity contribution in [3.8, 4) is 11.5 Å². The second-order valence-electron chi connectivity index (χ2n) is 10.8. The number of amides is 3. The number of fused-ring (bicyclic) bond motifs is 8. The van der Waals surface area contributed by atoms with Crippen molar-refractivity contribution in [3.63, 3.8) is 0 Å². The van der Waals surface area contributed by atoms with E-state index in [1.165, 1.54) is 0 Å². The summed E-state index contributed by atoms with van der Waals surface area (Å²) in [6.07, 6.45) is 0.162. The van der Waals surface area contributed by atoms with Gasteiger partial charge in [0.1, 0.15) is 17.6 Å². The summed E-state index contributed by atoms with van der Waals surface area (Å²) in [4.78, 5) is 46.2. The molecule has 1 saturated heterocycles. The molecule has 0 aliphatic carbocycles. The Balaban J connectivity index is 1.31. The standard InChI is InChI=1S/C33H32N4O5/c1-20-7-10-23-16-30(20)41-19-31(38)34-17-22-8-11-24(12-9-22)42-29-13-14-37(18-28(29)36-32(23)39)33(40)26-15-21(2)35-27-6-4-3-5-25(26)27/h3-12,15-16,28-29H,13-14,17-19H2,1-2H3,(H,34,38)(H,36,39)/t28-,29-/m0/s1. The van der Waals surface area contributed by atoms with Gasteiger partial charge in [0, 0.05) is 42.7 Å². The van der Waals surface area contributed by atoms with Crippen LogP contribution >= 0.6 is 0 Å². The van der Waals surface area contributed by atoms with E-state index in [2.05, 4.69) is 15.6 Å². The van der Waals surface area contributed by atoms with Crippen molar-refractivity contribution in [1.82, 2.24) is 20.5 Å². The molecule has 0 unspecified atom stereocenters. The first-order chi connectivity index (χ1) is 20.3. The van der Waals surface area contributed by atoms with Gasteiger partial charge in [-0.3, -0.25) is 19.4 Å². The number of para-hydroxylation sites is 1. The number of benzene rings is 3. The summed E-state index contributed by atoms with van der Waals surface area (Å²) in [5, 5.41) is 6.77. The van der Waals surface area contributed by atoms with Crippen molar-refractivity contribution < 1.29 is 23.9 Å². The maximum absolute atomic E-state index is 13.9. The van der Waals surface area contributed by atoms with Gasteiger partial charge in [-0.2, -0.15) is 0 Å². The topological polar surface area (TPSA) is 110 Å². The van der Waals surface area contributed by atoms with E-state index in [9.17, 15) is 14.4 Å². The van der Waals surface area contributed by atoms with Crippen molar-refractivity contribution >= 4 is 28.6 Å². The number of hydrogen-bond acceptors (Lipinski definition) is 6. The first-order valence-electron chi connectivity index (χ1n) is 14.1. The quantitative estimate of drug-likeness (QED) is 0.362. The highest BCUT2D eigenvalue weighted by Gasteiger charge is 2.35. The molecule has 3 amide bonds. The van der Waals surface area contributed by atoms with E-state index in [1.807, 2.05) is 68.4 Å². The molecule has 4 heterocycles. The molecule has 0 radical (unpaired) electrons. The Bertz CT molecular complexity index is 1670. The fourth-order valence-corrected chi connectivity index (χ4v) is 5.45. The lowest BCUT2D eigenvalue weighted by Crippen LogP contribution is -2.58. The van der Waals surface area contributed by atoms with Crippen molar-refractivity contribution in [1.29, 1.82) is 0 Å². The van der Waals surface area contributed by atoms with Crippen molar-refractivity contribution in [2.24, 2.45) is 0 Å². The number of hydrogen-bond donors (Lipinski definition) is 2. The van der Waals surface area contributed by atoms with Crippen LogP contribution in [0.25, 0.3) is 10.9 Å². The molecule has 1 fully saturated rings. The largest absolute Gasteiger partial charge is 0.488 e. The van der Waals surface area contributed by atoms with Crippen molar-refractivity contribution in [2.45, 2.75) is 39.0 Å². The summed E-state index contributed by atoms with van der Waals surface area (Å²) < 4.78 is 12.2. The zero-order chi connectivity index (χ0) is 29.2. The molecule has 4 bridgehead atoms. The number of ether oxygens (including phenoxy) is 2. The zero-order valence-electron chi connectivity index (χ0n) is 23.6. The molecule has 214 valence electrons. The van der Waals surface area contributed by atoms with Gasteiger partial charge in [-0.25, -0.2) is 0 Å². The Morgan fingerprint density at radius 3 is 2.64 bits per heavy atom. The van der Waals surface area contributed by atoms with Crippen LogP contribution in [0.4, 0.5) is 0 Å². The zero-order valence-corrected chi connectivity index (χ0v) is 23.6. The molecule has 0 saturated carbocycles. The Morgan fingerprint density at radius 2 is 1.81 bits per heavy atom. The van der Waals surface area contributed by atoms with Crippen molar-refractivity contribution in [2.75, 3.05) is 19.7 Å². The van der Waals surface area contributed by atoms with E-state index in [4.69, 9.17) is 9.47 Å². The maximum atomic E-state index is 13.9. The number of aryl methyl sites for hydroxylation is 2. The van der Waals surface area contributed by atoms with Gasteiger partial charge in [-0.05, 0) is 61.4 Å². The SMILES string of the molecule is Cc1cc(C(=O)N2CC[C@@H]3Oc4ccc(cc4)CNC(=O)COc4cc(ccc4C)C(=O)N[C@H]3C2)c2ccccc2n1. The monoisotopic (exact) mass is 564 g/mol. The molecular weight excluding hydrogens is 532 g/mol. The fourth-order valence-electron chi connectivity index (χ4n) is 5.45. The van der Waals surface area contributed by atoms with Gasteiger partial charge in [0.05, 0.1) is 17.1 Å². The minimum Gasteiger partial charge on any atom is -0.488 e. The molecule has 3 aliphatic heterocycles. The minimum atomic E-state index is -0.478. The third kappa shape index (κ3) is 5.76. The lowest BCUT2D eigenvalue weighted by atomic mass is 9.99. The molecule has 9 nitrogen and oxygen atoms in total. The Hall–Kier alpha value is -4.92. The molecule has 2 atom stereocenters. The summed E-state index contributed by atoms with van der Waals surface area (Å²) in [6.45, 7) is 4.67. The van der Waals surface area contributed by atoms with Gasteiger partial charge in [0.25, 0.3) is 17.7 Å². The molecular formula is C33H32N4O5. The smallest absolute Gasteiger partial charge is 0.258 e. The fraction of sp³-hybridized carbons (Fsp3) is 0.273.